The lowest BCUT2D eigenvalue weighted by atomic mass is 9.99. The van der Waals surface area contributed by atoms with Gasteiger partial charge in [0.1, 0.15) is 22.7 Å². The number of esters is 1. The van der Waals surface area contributed by atoms with E-state index in [1.54, 1.807) is 11.8 Å². The summed E-state index contributed by atoms with van der Waals surface area (Å²) in [5.41, 5.74) is 10.9. The maximum Gasteiger partial charge on any atom is 0.339 e. The Morgan fingerprint density at radius 2 is 1.76 bits per heavy atom. The minimum atomic E-state index is -0.789. The largest absolute Gasteiger partial charge is 0.465 e. The number of nitrogens with two attached hydrogens (primary N) is 1. The Kier molecular flexibility index (Phi) is 12.7. The van der Waals surface area contributed by atoms with E-state index in [2.05, 4.69) is 16.7 Å². The first kappa shape index (κ1) is 37.7. The zero-order valence-electron chi connectivity index (χ0n) is 29.8. The molecule has 1 amide bonds. The van der Waals surface area contributed by atoms with Crippen LogP contribution in [-0.2, 0) is 9.53 Å². The number of carbonyl (C=O) groups excluding carboxylic acids is 2. The highest BCUT2D eigenvalue weighted by Crippen LogP contribution is 2.40. The number of methoxy groups -OCH3 is 1. The molecule has 51 heavy (non-hydrogen) atoms. The van der Waals surface area contributed by atoms with Gasteiger partial charge in [0.15, 0.2) is 0 Å². The summed E-state index contributed by atoms with van der Waals surface area (Å²) in [6.07, 6.45) is 4.95. The molecule has 2 aliphatic heterocycles. The maximum absolute atomic E-state index is 13.9. The number of fused-ring (bicyclic) bond motifs is 1. The van der Waals surface area contributed by atoms with Gasteiger partial charge in [-0.3, -0.25) is 25.5 Å². The summed E-state index contributed by atoms with van der Waals surface area (Å²) in [5, 5.41) is 19.2. The Morgan fingerprint density at radius 3 is 2.43 bits per heavy atom. The SMILES string of the molecule is COC(=O)c1cc(N2CCN(C(=O)C[C@@H]3N=C(c4ccc(Cl)cc4)c4c(sc(C)c4C)N(C(C)=N)C3=N)CC2)ccc1C#CCCCCCCN. The molecular formula is C39H46ClN7O3S. The van der Waals surface area contributed by atoms with Crippen molar-refractivity contribution < 1.29 is 14.3 Å². The van der Waals surface area contributed by atoms with Crippen LogP contribution in [0.1, 0.15) is 82.9 Å². The number of ether oxygens (including phenoxy) is 1. The quantitative estimate of drug-likeness (QED) is 0.0690. The van der Waals surface area contributed by atoms with Crippen molar-refractivity contribution in [3.05, 3.63) is 80.2 Å². The van der Waals surface area contributed by atoms with Gasteiger partial charge in [-0.1, -0.05) is 48.4 Å². The lowest BCUT2D eigenvalue weighted by Gasteiger charge is -2.37. The van der Waals surface area contributed by atoms with Crippen LogP contribution in [0.2, 0.25) is 5.02 Å². The van der Waals surface area contributed by atoms with Crippen molar-refractivity contribution in [2.75, 3.05) is 49.6 Å². The second-order valence-corrected chi connectivity index (χ2v) is 14.5. The van der Waals surface area contributed by atoms with E-state index < -0.39 is 12.0 Å². The zero-order chi connectivity index (χ0) is 36.7. The minimum absolute atomic E-state index is 0.000448. The summed E-state index contributed by atoms with van der Waals surface area (Å²) in [4.78, 5) is 38.3. The smallest absolute Gasteiger partial charge is 0.339 e. The molecule has 0 unspecified atom stereocenters. The number of thiophene rings is 1. The van der Waals surface area contributed by atoms with Crippen LogP contribution in [0.5, 0.6) is 0 Å². The van der Waals surface area contributed by atoms with Crippen molar-refractivity contribution in [2.24, 2.45) is 10.7 Å². The molecule has 1 fully saturated rings. The van der Waals surface area contributed by atoms with Gasteiger partial charge in [-0.25, -0.2) is 4.79 Å². The fraction of sp³-hybridized carbons (Fsp3) is 0.410. The molecule has 4 N–H and O–H groups in total. The topological polar surface area (TPSA) is 139 Å². The number of amides is 1. The predicted molar refractivity (Wildman–Crippen MR) is 208 cm³/mol. The van der Waals surface area contributed by atoms with Crippen molar-refractivity contribution >= 4 is 62.9 Å². The third-order valence-corrected chi connectivity index (χ3v) is 10.8. The highest BCUT2D eigenvalue weighted by Gasteiger charge is 2.36. The number of unbranched alkanes of at least 4 members (excludes halogenated alkanes) is 4. The number of benzene rings is 2. The Hall–Kier alpha value is -4.50. The van der Waals surface area contributed by atoms with Crippen molar-refractivity contribution in [1.29, 1.82) is 10.8 Å². The van der Waals surface area contributed by atoms with E-state index >= 15 is 0 Å². The molecule has 1 saturated heterocycles. The Labute approximate surface area is 309 Å². The molecule has 0 aliphatic carbocycles. The summed E-state index contributed by atoms with van der Waals surface area (Å²) in [5.74, 6) is 6.12. The van der Waals surface area contributed by atoms with Gasteiger partial charge >= 0.3 is 5.97 Å². The second kappa shape index (κ2) is 17.1. The monoisotopic (exact) mass is 727 g/mol. The van der Waals surface area contributed by atoms with Crippen molar-refractivity contribution in [2.45, 2.75) is 65.3 Å². The number of nitrogens with zero attached hydrogens (tertiary/aromatic N) is 4. The summed E-state index contributed by atoms with van der Waals surface area (Å²) in [6, 6.07) is 12.3. The van der Waals surface area contributed by atoms with E-state index in [0.717, 1.165) is 64.4 Å². The van der Waals surface area contributed by atoms with Gasteiger partial charge in [0.05, 0.1) is 24.8 Å². The van der Waals surface area contributed by atoms with Gasteiger partial charge in [-0.2, -0.15) is 0 Å². The molecule has 268 valence electrons. The van der Waals surface area contributed by atoms with Crippen LogP contribution in [-0.4, -0.2) is 80.0 Å². The van der Waals surface area contributed by atoms with Gasteiger partial charge in [0, 0.05) is 64.9 Å². The molecule has 1 atom stereocenters. The first-order chi connectivity index (χ1) is 24.5. The van der Waals surface area contributed by atoms with Crippen molar-refractivity contribution in [3.63, 3.8) is 0 Å². The van der Waals surface area contributed by atoms with E-state index in [1.807, 2.05) is 61.2 Å². The predicted octanol–water partition coefficient (Wildman–Crippen LogP) is 6.80. The summed E-state index contributed by atoms with van der Waals surface area (Å²) >= 11 is 7.75. The normalized spacial score (nSPS) is 15.8. The molecule has 0 spiro atoms. The second-order valence-electron chi connectivity index (χ2n) is 12.8. The number of hydrogen-bond donors (Lipinski definition) is 3. The van der Waals surface area contributed by atoms with Crippen LogP contribution in [0.15, 0.2) is 47.5 Å². The fourth-order valence-electron chi connectivity index (χ4n) is 6.38. The Balaban J connectivity index is 1.31. The molecule has 0 saturated carbocycles. The summed E-state index contributed by atoms with van der Waals surface area (Å²) in [6.45, 7) is 8.53. The van der Waals surface area contributed by atoms with Crippen LogP contribution in [0.4, 0.5) is 10.7 Å². The lowest BCUT2D eigenvalue weighted by Crippen LogP contribution is -2.50. The molecular weight excluding hydrogens is 682 g/mol. The third kappa shape index (κ3) is 8.70. The molecule has 10 nitrogen and oxygen atoms in total. The van der Waals surface area contributed by atoms with Crippen LogP contribution in [0, 0.1) is 36.5 Å². The maximum atomic E-state index is 13.9. The highest BCUT2D eigenvalue weighted by molar-refractivity contribution is 7.17. The highest BCUT2D eigenvalue weighted by atomic mass is 35.5. The molecule has 3 heterocycles. The molecule has 3 aromatic rings. The number of carbonyl (C=O) groups is 2. The first-order valence-corrected chi connectivity index (χ1v) is 18.5. The van der Waals surface area contributed by atoms with Crippen LogP contribution >= 0.6 is 22.9 Å². The number of aliphatic imine (C=N–C) groups is 1. The minimum Gasteiger partial charge on any atom is -0.465 e. The number of halogens is 1. The number of amidine groups is 2. The Morgan fingerprint density at radius 1 is 1.06 bits per heavy atom. The van der Waals surface area contributed by atoms with Crippen molar-refractivity contribution in [3.8, 4) is 11.8 Å². The van der Waals surface area contributed by atoms with Gasteiger partial charge in [0.25, 0.3) is 0 Å². The lowest BCUT2D eigenvalue weighted by molar-refractivity contribution is -0.131. The van der Waals surface area contributed by atoms with Crippen LogP contribution in [0.25, 0.3) is 0 Å². The number of rotatable bonds is 10. The summed E-state index contributed by atoms with van der Waals surface area (Å²) in [7, 11) is 1.37. The van der Waals surface area contributed by atoms with Gasteiger partial charge in [-0.05, 0) is 76.1 Å². The molecule has 2 aromatic carbocycles. The standard InChI is InChI=1S/C39H46ClN7O3S/c1-25-26(2)51-38-35(25)36(29-12-15-30(40)16-13-29)44-33(37(43)47(38)27(3)42)24-34(48)46-21-19-45(20-22-46)31-17-14-28(32(23-31)39(49)50-4)11-9-7-5-6-8-10-18-41/h12-17,23,33,42-43H,5-8,10,18-22,24,41H2,1-4H3/t33-/m0/s1. The van der Waals surface area contributed by atoms with E-state index in [1.165, 1.54) is 18.4 Å². The van der Waals surface area contributed by atoms with E-state index in [9.17, 15) is 15.0 Å². The molecule has 5 rings (SSSR count). The third-order valence-electron chi connectivity index (χ3n) is 9.35. The van der Waals surface area contributed by atoms with Crippen molar-refractivity contribution in [1.82, 2.24) is 4.90 Å². The first-order valence-electron chi connectivity index (χ1n) is 17.4. The average Bonchev–Trinajstić information content (AvgIpc) is 3.34. The van der Waals surface area contributed by atoms with Gasteiger partial charge < -0.3 is 20.3 Å². The number of anilines is 2. The molecule has 2 aliphatic rings. The molecule has 12 heteroatoms. The Bertz CT molecular complexity index is 1880. The number of hydrogen-bond acceptors (Lipinski definition) is 9. The number of aryl methyl sites for hydroxylation is 1. The number of nitrogens with one attached hydrogen (secondary N) is 2. The zero-order valence-corrected chi connectivity index (χ0v) is 31.3. The molecule has 0 bridgehead atoms. The van der Waals surface area contributed by atoms with E-state index in [0.29, 0.717) is 54.6 Å². The number of piperazine rings is 1. The van der Waals surface area contributed by atoms with Crippen LogP contribution < -0.4 is 15.5 Å². The average molecular weight is 728 g/mol. The van der Waals surface area contributed by atoms with Gasteiger partial charge in [-0.15, -0.1) is 11.3 Å². The van der Waals surface area contributed by atoms with Gasteiger partial charge in [0.2, 0.25) is 5.91 Å². The molecule has 1 aromatic heterocycles. The van der Waals surface area contributed by atoms with E-state index in [4.69, 9.17) is 32.5 Å². The van der Waals surface area contributed by atoms with Crippen LogP contribution in [0.3, 0.4) is 0 Å². The van der Waals surface area contributed by atoms with E-state index in [-0.39, 0.29) is 24.0 Å². The fourth-order valence-corrected chi connectivity index (χ4v) is 7.73. The molecule has 0 radical (unpaired) electrons. The summed E-state index contributed by atoms with van der Waals surface area (Å²) < 4.78 is 5.08.